The van der Waals surface area contributed by atoms with Crippen LogP contribution in [0.4, 0.5) is 10.1 Å². The summed E-state index contributed by atoms with van der Waals surface area (Å²) in [7, 11) is 0. The van der Waals surface area contributed by atoms with Crippen LogP contribution in [0.3, 0.4) is 0 Å². The molecule has 52 valence electrons. The maximum atomic E-state index is 12.1. The molecule has 1 rings (SSSR count). The van der Waals surface area contributed by atoms with Crippen molar-refractivity contribution < 1.29 is 4.39 Å². The highest BCUT2D eigenvalue weighted by Gasteiger charge is 1.85. The Labute approximate surface area is 57.7 Å². The highest BCUT2D eigenvalue weighted by Crippen LogP contribution is 2.02. The van der Waals surface area contributed by atoms with Crippen LogP contribution < -0.4 is 5.73 Å². The molecule has 1 aromatic carbocycles. The highest BCUT2D eigenvalue weighted by atomic mass is 19.1. The minimum atomic E-state index is -0.287. The number of benzene rings is 1. The fourth-order valence-corrected chi connectivity index (χ4v) is 0.507. The molecule has 0 unspecified atom stereocenters. The van der Waals surface area contributed by atoms with Crippen LogP contribution in [-0.4, -0.2) is 0 Å². The van der Waals surface area contributed by atoms with Crippen LogP contribution in [-0.2, 0) is 0 Å². The molecule has 10 heavy (non-hydrogen) atoms. The van der Waals surface area contributed by atoms with Gasteiger partial charge < -0.3 is 5.73 Å². The van der Waals surface area contributed by atoms with Crippen molar-refractivity contribution in [3.63, 3.8) is 0 Å². The predicted octanol–water partition coefficient (Wildman–Crippen LogP) is 1.44. The topological polar surface area (TPSA) is 73.6 Å². The van der Waals surface area contributed by atoms with E-state index in [1.165, 1.54) is 12.1 Å². The van der Waals surface area contributed by atoms with E-state index in [9.17, 15) is 4.39 Å². The van der Waals surface area contributed by atoms with E-state index in [0.29, 0.717) is 5.69 Å². The first-order chi connectivity index (χ1) is 4.79. The molecule has 3 nitrogen and oxygen atoms in total. The van der Waals surface area contributed by atoms with E-state index in [-0.39, 0.29) is 5.82 Å². The molecule has 0 radical (unpaired) electrons. The van der Waals surface area contributed by atoms with Crippen molar-refractivity contribution in [3.05, 3.63) is 30.1 Å². The van der Waals surface area contributed by atoms with E-state index in [1.807, 2.05) is 0 Å². The molecule has 0 fully saturated rings. The monoisotopic (exact) mass is 139 g/mol. The van der Waals surface area contributed by atoms with Crippen LogP contribution >= 0.6 is 0 Å². The fraction of sp³-hybridized carbons (Fsp3) is 0. The third kappa shape index (κ3) is 2.62. The van der Waals surface area contributed by atoms with Gasteiger partial charge in [-0.25, -0.2) is 4.39 Å². The quantitative estimate of drug-likeness (QED) is 0.436. The summed E-state index contributed by atoms with van der Waals surface area (Å²) in [4.78, 5) is 0. The minimum absolute atomic E-state index is 0.287. The Morgan fingerprint density at radius 3 is 2.20 bits per heavy atom. The van der Waals surface area contributed by atoms with Gasteiger partial charge in [0.2, 0.25) is 0 Å². The molecule has 0 heterocycles. The van der Waals surface area contributed by atoms with E-state index in [0.717, 1.165) is 0 Å². The van der Waals surface area contributed by atoms with Gasteiger partial charge in [0.1, 0.15) is 5.82 Å². The van der Waals surface area contributed by atoms with Crippen molar-refractivity contribution in [2.45, 2.75) is 0 Å². The summed E-state index contributed by atoms with van der Waals surface area (Å²) in [6, 6.07) is 5.85. The molecule has 0 aliphatic carbocycles. The van der Waals surface area contributed by atoms with Gasteiger partial charge in [-0.3, -0.25) is 0 Å². The number of nitrogens with two attached hydrogens (primary N) is 1. The lowest BCUT2D eigenvalue weighted by atomic mass is 10.3. The predicted molar refractivity (Wildman–Crippen MR) is 34.3 cm³/mol. The molecule has 0 saturated carbocycles. The van der Waals surface area contributed by atoms with Crippen molar-refractivity contribution >= 4 is 5.69 Å². The van der Waals surface area contributed by atoms with Gasteiger partial charge in [0, 0.05) is 16.5 Å². The molecule has 0 amide bonds. The van der Waals surface area contributed by atoms with Crippen LogP contribution in [0.1, 0.15) is 0 Å². The smallest absolute Gasteiger partial charge is 0.125 e. The van der Waals surface area contributed by atoms with Crippen molar-refractivity contribution in [2.24, 2.45) is 0 Å². The second-order valence-electron chi connectivity index (χ2n) is 1.56. The van der Waals surface area contributed by atoms with Gasteiger partial charge in [-0.1, -0.05) is 6.07 Å². The summed E-state index contributed by atoms with van der Waals surface area (Å²) < 4.78 is 12.1. The summed E-state index contributed by atoms with van der Waals surface area (Å²) >= 11 is 0. The number of hydrogen-bond acceptors (Lipinski definition) is 3. The Morgan fingerprint density at radius 2 is 1.90 bits per heavy atom. The molecule has 0 atom stereocenters. The summed E-state index contributed by atoms with van der Waals surface area (Å²) in [5.74, 6) is -0.287. The molecule has 0 aromatic heterocycles. The van der Waals surface area contributed by atoms with E-state index in [4.69, 9.17) is 16.5 Å². The Hall–Kier alpha value is -1.63. The van der Waals surface area contributed by atoms with Crippen LogP contribution in [0.5, 0.6) is 0 Å². The number of anilines is 1. The second kappa shape index (κ2) is 4.27. The van der Waals surface area contributed by atoms with Crippen LogP contribution in [0.15, 0.2) is 24.3 Å². The molecule has 0 aliphatic rings. The van der Waals surface area contributed by atoms with Gasteiger partial charge >= 0.3 is 0 Å². The Bertz CT molecular complexity index is 204. The summed E-state index contributed by atoms with van der Waals surface area (Å²) in [5, 5.41) is 12.0. The van der Waals surface area contributed by atoms with Crippen molar-refractivity contribution in [1.82, 2.24) is 0 Å². The Balaban J connectivity index is 0.000000371. The Kier molecular flexibility index (Phi) is 3.57. The SMILES string of the molecule is N#N.Nc1cccc(F)c1. The third-order valence-electron chi connectivity index (χ3n) is 0.849. The highest BCUT2D eigenvalue weighted by molar-refractivity contribution is 5.36. The van der Waals surface area contributed by atoms with Crippen molar-refractivity contribution in [1.29, 1.82) is 10.8 Å². The fourth-order valence-electron chi connectivity index (χ4n) is 0.507. The number of nitrogens with zero attached hydrogens (tertiary/aromatic N) is 2. The molecule has 0 spiro atoms. The average molecular weight is 139 g/mol. The third-order valence-corrected chi connectivity index (χ3v) is 0.849. The molecule has 0 aliphatic heterocycles. The largest absolute Gasteiger partial charge is 0.399 e. The van der Waals surface area contributed by atoms with Gasteiger partial charge in [0.15, 0.2) is 0 Å². The molecule has 1 aromatic rings. The van der Waals surface area contributed by atoms with Crippen molar-refractivity contribution in [2.75, 3.05) is 5.73 Å². The molecule has 2 N–H and O–H groups in total. The Morgan fingerprint density at radius 1 is 1.30 bits per heavy atom. The number of nitrogen functional groups attached to an aromatic ring is 1. The molecule has 0 saturated heterocycles. The molecule has 4 heteroatoms. The lowest BCUT2D eigenvalue weighted by molar-refractivity contribution is 0.628. The van der Waals surface area contributed by atoms with Crippen LogP contribution in [0.2, 0.25) is 0 Å². The first-order valence-electron chi connectivity index (χ1n) is 2.50. The zero-order valence-corrected chi connectivity index (χ0v) is 5.16. The standard InChI is InChI=1S/C6H6FN.N2/c7-5-2-1-3-6(8)4-5;1-2/h1-4H,8H2;. The number of hydrogen-bond donors (Lipinski definition) is 1. The van der Waals surface area contributed by atoms with Gasteiger partial charge in [0.25, 0.3) is 0 Å². The van der Waals surface area contributed by atoms with E-state index < -0.39 is 0 Å². The summed E-state index contributed by atoms with van der Waals surface area (Å²) in [6.07, 6.45) is 0. The molecular formula is C6H6FN3. The van der Waals surface area contributed by atoms with Gasteiger partial charge in [-0.2, -0.15) is 0 Å². The van der Waals surface area contributed by atoms with Crippen molar-refractivity contribution in [3.8, 4) is 0 Å². The number of halogens is 1. The normalized spacial score (nSPS) is 7.50. The molecular weight excluding hydrogens is 133 g/mol. The maximum absolute atomic E-state index is 12.1. The first kappa shape index (κ1) is 8.37. The van der Waals surface area contributed by atoms with Gasteiger partial charge in [-0.05, 0) is 18.2 Å². The lowest BCUT2D eigenvalue weighted by Crippen LogP contribution is -1.83. The van der Waals surface area contributed by atoms with E-state index in [2.05, 4.69) is 0 Å². The second-order valence-corrected chi connectivity index (χ2v) is 1.56. The zero-order valence-electron chi connectivity index (χ0n) is 5.16. The van der Waals surface area contributed by atoms with Crippen LogP contribution in [0, 0.1) is 16.6 Å². The zero-order chi connectivity index (χ0) is 7.98. The maximum Gasteiger partial charge on any atom is 0.125 e. The number of rotatable bonds is 0. The summed E-state index contributed by atoms with van der Waals surface area (Å²) in [6.45, 7) is 0. The van der Waals surface area contributed by atoms with Gasteiger partial charge in [-0.15, -0.1) is 0 Å². The lowest BCUT2D eigenvalue weighted by Gasteiger charge is -1.88. The van der Waals surface area contributed by atoms with E-state index in [1.54, 1.807) is 12.1 Å². The summed E-state index contributed by atoms with van der Waals surface area (Å²) in [5.41, 5.74) is 5.68. The van der Waals surface area contributed by atoms with E-state index >= 15 is 0 Å². The average Bonchev–Trinajstić information content (AvgIpc) is 1.91. The van der Waals surface area contributed by atoms with Crippen LogP contribution in [0.25, 0.3) is 0 Å². The van der Waals surface area contributed by atoms with Gasteiger partial charge in [0.05, 0.1) is 0 Å². The molecule has 0 bridgehead atoms. The minimum Gasteiger partial charge on any atom is -0.399 e. The first-order valence-corrected chi connectivity index (χ1v) is 2.50.